The fourth-order valence-corrected chi connectivity index (χ4v) is 4.89. The van der Waals surface area contributed by atoms with Crippen molar-refractivity contribution >= 4 is 27.7 Å². The molecule has 6 aromatic rings. The van der Waals surface area contributed by atoms with Crippen LogP contribution in [0.25, 0.3) is 21.8 Å². The highest BCUT2D eigenvalue weighted by Gasteiger charge is 2.25. The first kappa shape index (κ1) is 23.6. The third kappa shape index (κ3) is 4.76. The van der Waals surface area contributed by atoms with Crippen molar-refractivity contribution in [2.45, 2.75) is 19.0 Å². The molecule has 38 heavy (non-hydrogen) atoms. The molecular weight excluding hydrogens is 474 g/mol. The summed E-state index contributed by atoms with van der Waals surface area (Å²) in [5.41, 5.74) is 4.02. The highest BCUT2D eigenvalue weighted by Crippen LogP contribution is 2.29. The number of fused-ring (bicyclic) bond motifs is 2. The van der Waals surface area contributed by atoms with Crippen LogP contribution >= 0.6 is 0 Å². The Morgan fingerprint density at radius 2 is 1.71 bits per heavy atom. The van der Waals surface area contributed by atoms with Gasteiger partial charge in [-0.1, -0.05) is 66.7 Å². The number of imidazole rings is 1. The number of aromatic nitrogens is 2. The Labute approximate surface area is 220 Å². The quantitative estimate of drug-likeness (QED) is 0.257. The van der Waals surface area contributed by atoms with Crippen LogP contribution < -0.4 is 10.1 Å². The van der Waals surface area contributed by atoms with Crippen LogP contribution in [-0.2, 0) is 13.0 Å². The van der Waals surface area contributed by atoms with Gasteiger partial charge >= 0.3 is 0 Å². The summed E-state index contributed by atoms with van der Waals surface area (Å²) < 4.78 is 13.1. The van der Waals surface area contributed by atoms with Gasteiger partial charge in [-0.15, -0.1) is 0 Å². The predicted octanol–water partition coefficient (Wildman–Crippen LogP) is 6.55. The van der Waals surface area contributed by atoms with Crippen molar-refractivity contribution in [3.05, 3.63) is 132 Å². The Morgan fingerprint density at radius 1 is 0.895 bits per heavy atom. The van der Waals surface area contributed by atoms with Crippen molar-refractivity contribution in [1.82, 2.24) is 14.9 Å². The Kier molecular flexibility index (Phi) is 6.36. The van der Waals surface area contributed by atoms with E-state index in [2.05, 4.69) is 58.4 Å². The van der Waals surface area contributed by atoms with Gasteiger partial charge in [-0.25, -0.2) is 4.98 Å². The molecule has 0 bridgehead atoms. The summed E-state index contributed by atoms with van der Waals surface area (Å²) in [6.07, 6.45) is 2.08. The van der Waals surface area contributed by atoms with E-state index in [4.69, 9.17) is 14.1 Å². The average molecular weight is 502 g/mol. The standard InChI is InChI=1S/C32H27N3O3/c1-37-26-15-16-27-29(20-26)35(21-23-13-14-24-10-5-6-11-25(24)18-23)31(33-27)28(19-22-8-3-2-4-9-22)34-32(36)30-12-7-17-38-30/h2-18,20,28H,19,21H2,1H3,(H,34,36). The van der Waals surface area contributed by atoms with Crippen LogP contribution in [0.3, 0.4) is 0 Å². The lowest BCUT2D eigenvalue weighted by atomic mass is 10.0. The van der Waals surface area contributed by atoms with Crippen LogP contribution in [0.4, 0.5) is 0 Å². The minimum Gasteiger partial charge on any atom is -0.497 e. The Balaban J connectivity index is 1.47. The van der Waals surface area contributed by atoms with Gasteiger partial charge in [-0.2, -0.15) is 0 Å². The van der Waals surface area contributed by atoms with E-state index in [0.717, 1.165) is 33.7 Å². The highest BCUT2D eigenvalue weighted by molar-refractivity contribution is 5.91. The second kappa shape index (κ2) is 10.3. The number of nitrogens with one attached hydrogen (secondary N) is 1. The molecule has 0 radical (unpaired) electrons. The van der Waals surface area contributed by atoms with Gasteiger partial charge in [-0.05, 0) is 58.7 Å². The molecule has 6 rings (SSSR count). The zero-order valence-electron chi connectivity index (χ0n) is 21.0. The molecule has 2 heterocycles. The molecule has 6 heteroatoms. The first-order valence-electron chi connectivity index (χ1n) is 12.6. The zero-order chi connectivity index (χ0) is 25.9. The molecule has 0 aliphatic rings. The summed E-state index contributed by atoms with van der Waals surface area (Å²) in [4.78, 5) is 18.2. The molecule has 0 spiro atoms. The Hall–Kier alpha value is -4.84. The smallest absolute Gasteiger partial charge is 0.287 e. The van der Waals surface area contributed by atoms with Crippen molar-refractivity contribution in [2.75, 3.05) is 7.11 Å². The summed E-state index contributed by atoms with van der Waals surface area (Å²) >= 11 is 0. The monoisotopic (exact) mass is 501 g/mol. The Morgan fingerprint density at radius 3 is 2.50 bits per heavy atom. The number of carbonyl (C=O) groups excluding carboxylic acids is 1. The first-order valence-corrected chi connectivity index (χ1v) is 12.6. The summed E-state index contributed by atoms with van der Waals surface area (Å²) in [6.45, 7) is 0.589. The topological polar surface area (TPSA) is 69.3 Å². The molecule has 0 aliphatic carbocycles. The van der Waals surface area contributed by atoms with Crippen molar-refractivity contribution in [1.29, 1.82) is 0 Å². The number of rotatable bonds is 8. The van der Waals surface area contributed by atoms with E-state index in [-0.39, 0.29) is 11.7 Å². The van der Waals surface area contributed by atoms with Gasteiger partial charge in [0, 0.05) is 12.6 Å². The molecule has 1 atom stereocenters. The molecule has 188 valence electrons. The molecule has 0 saturated carbocycles. The summed E-state index contributed by atoms with van der Waals surface area (Å²) in [5.74, 6) is 1.51. The molecule has 0 fully saturated rings. The normalized spacial score (nSPS) is 12.0. The van der Waals surface area contributed by atoms with Crippen molar-refractivity contribution in [2.24, 2.45) is 0 Å². The van der Waals surface area contributed by atoms with Crippen LogP contribution in [0, 0.1) is 0 Å². The van der Waals surface area contributed by atoms with Crippen LogP contribution in [-0.4, -0.2) is 22.6 Å². The van der Waals surface area contributed by atoms with Crippen LogP contribution in [0.1, 0.15) is 33.5 Å². The average Bonchev–Trinajstić information content (AvgIpc) is 3.62. The van der Waals surface area contributed by atoms with Crippen molar-refractivity contribution in [3.63, 3.8) is 0 Å². The van der Waals surface area contributed by atoms with Crippen LogP contribution in [0.2, 0.25) is 0 Å². The van der Waals surface area contributed by atoms with Gasteiger partial charge in [0.1, 0.15) is 11.6 Å². The van der Waals surface area contributed by atoms with Gasteiger partial charge in [0.05, 0.1) is 30.4 Å². The number of hydrogen-bond donors (Lipinski definition) is 1. The zero-order valence-corrected chi connectivity index (χ0v) is 21.0. The molecule has 4 aromatic carbocycles. The maximum Gasteiger partial charge on any atom is 0.287 e. The molecular formula is C32H27N3O3. The second-order valence-corrected chi connectivity index (χ2v) is 9.29. The number of carbonyl (C=O) groups is 1. The third-order valence-electron chi connectivity index (χ3n) is 6.78. The number of ether oxygens (including phenoxy) is 1. The van der Waals surface area contributed by atoms with Gasteiger partial charge in [0.25, 0.3) is 5.91 Å². The third-order valence-corrected chi connectivity index (χ3v) is 6.78. The van der Waals surface area contributed by atoms with E-state index >= 15 is 0 Å². The molecule has 1 N–H and O–H groups in total. The van der Waals surface area contributed by atoms with Crippen molar-refractivity contribution in [3.8, 4) is 5.75 Å². The number of nitrogens with zero attached hydrogens (tertiary/aromatic N) is 2. The lowest BCUT2D eigenvalue weighted by Gasteiger charge is -2.20. The molecule has 1 unspecified atom stereocenters. The fraction of sp³-hybridized carbons (Fsp3) is 0.125. The lowest BCUT2D eigenvalue weighted by molar-refractivity contribution is 0.0906. The maximum absolute atomic E-state index is 13.1. The summed E-state index contributed by atoms with van der Waals surface area (Å²) in [5, 5.41) is 5.56. The minimum atomic E-state index is -0.395. The van der Waals surface area contributed by atoms with E-state index in [1.54, 1.807) is 19.2 Å². The lowest BCUT2D eigenvalue weighted by Crippen LogP contribution is -2.32. The number of methoxy groups -OCH3 is 1. The van der Waals surface area contributed by atoms with Crippen LogP contribution in [0.15, 0.2) is 114 Å². The minimum absolute atomic E-state index is 0.266. The van der Waals surface area contributed by atoms with Gasteiger partial charge < -0.3 is 19.0 Å². The predicted molar refractivity (Wildman–Crippen MR) is 148 cm³/mol. The first-order chi connectivity index (χ1) is 18.7. The van der Waals surface area contributed by atoms with E-state index in [9.17, 15) is 4.79 Å². The van der Waals surface area contributed by atoms with E-state index in [1.807, 2.05) is 42.5 Å². The number of hydrogen-bond acceptors (Lipinski definition) is 4. The summed E-state index contributed by atoms with van der Waals surface area (Å²) in [6, 6.07) is 33.8. The van der Waals surface area contributed by atoms with Gasteiger partial charge in [0.2, 0.25) is 0 Å². The highest BCUT2D eigenvalue weighted by atomic mass is 16.5. The summed E-state index contributed by atoms with van der Waals surface area (Å²) in [7, 11) is 1.66. The molecule has 6 nitrogen and oxygen atoms in total. The Bertz CT molecular complexity index is 1710. The SMILES string of the molecule is COc1ccc2nc(C(Cc3ccccc3)NC(=O)c3ccco3)n(Cc3ccc4ccccc4c3)c2c1. The van der Waals surface area contributed by atoms with E-state index in [0.29, 0.717) is 13.0 Å². The van der Waals surface area contributed by atoms with Crippen LogP contribution in [0.5, 0.6) is 5.75 Å². The van der Waals surface area contributed by atoms with Crippen molar-refractivity contribution < 1.29 is 13.9 Å². The molecule has 2 aromatic heterocycles. The number of furan rings is 1. The van der Waals surface area contributed by atoms with Gasteiger partial charge in [-0.3, -0.25) is 4.79 Å². The second-order valence-electron chi connectivity index (χ2n) is 9.29. The van der Waals surface area contributed by atoms with E-state index in [1.165, 1.54) is 17.0 Å². The fourth-order valence-electron chi connectivity index (χ4n) is 4.89. The van der Waals surface area contributed by atoms with Gasteiger partial charge in [0.15, 0.2) is 5.76 Å². The number of amides is 1. The number of benzene rings is 4. The molecule has 0 saturated heterocycles. The maximum atomic E-state index is 13.1. The molecule has 0 aliphatic heterocycles. The largest absolute Gasteiger partial charge is 0.497 e. The molecule has 1 amide bonds. The van der Waals surface area contributed by atoms with E-state index < -0.39 is 6.04 Å².